The van der Waals surface area contributed by atoms with E-state index in [9.17, 15) is 4.79 Å². The lowest BCUT2D eigenvalue weighted by molar-refractivity contribution is 0.0697. The van der Waals surface area contributed by atoms with Crippen LogP contribution in [0.5, 0.6) is 0 Å². The molecule has 0 atom stereocenters. The zero-order valence-electron chi connectivity index (χ0n) is 12.8. The number of carboxylic acid groups (broad SMARTS) is 1. The van der Waals surface area contributed by atoms with Crippen LogP contribution in [-0.4, -0.2) is 26.0 Å². The number of aromatic nitrogens is 3. The number of aromatic carboxylic acids is 1. The smallest absolute Gasteiger partial charge is 0.335 e. The van der Waals surface area contributed by atoms with E-state index in [-0.39, 0.29) is 5.56 Å². The third-order valence-electron chi connectivity index (χ3n) is 3.45. The average Bonchev–Trinajstić information content (AvgIpc) is 3.26. The minimum absolute atomic E-state index is 0.165. The van der Waals surface area contributed by atoms with Crippen LogP contribution in [-0.2, 0) is 0 Å². The first-order chi connectivity index (χ1) is 12.2. The van der Waals surface area contributed by atoms with Crippen LogP contribution in [0.25, 0.3) is 34.0 Å². The van der Waals surface area contributed by atoms with Crippen molar-refractivity contribution in [2.24, 2.45) is 0 Å². The van der Waals surface area contributed by atoms with Crippen molar-refractivity contribution in [2.75, 3.05) is 0 Å². The molecular weight excluding hydrogens is 338 g/mol. The van der Waals surface area contributed by atoms with E-state index < -0.39 is 5.97 Å². The Morgan fingerprint density at radius 2 is 2.08 bits per heavy atom. The van der Waals surface area contributed by atoms with Crippen LogP contribution in [0.3, 0.4) is 0 Å². The van der Waals surface area contributed by atoms with Crippen molar-refractivity contribution in [3.63, 3.8) is 0 Å². The van der Waals surface area contributed by atoms with Gasteiger partial charge in [0.2, 0.25) is 5.89 Å². The minimum Gasteiger partial charge on any atom is -0.478 e. The lowest BCUT2D eigenvalue weighted by atomic mass is 10.2. The highest BCUT2D eigenvalue weighted by Gasteiger charge is 2.09. The van der Waals surface area contributed by atoms with E-state index in [1.807, 2.05) is 23.6 Å². The zero-order chi connectivity index (χ0) is 17.2. The van der Waals surface area contributed by atoms with Crippen molar-refractivity contribution in [3.05, 3.63) is 65.1 Å². The van der Waals surface area contributed by atoms with Gasteiger partial charge in [-0.2, -0.15) is 0 Å². The quantitative estimate of drug-likeness (QED) is 0.593. The molecule has 7 heteroatoms. The van der Waals surface area contributed by atoms with E-state index in [1.165, 1.54) is 23.5 Å². The van der Waals surface area contributed by atoms with Gasteiger partial charge in [-0.15, -0.1) is 11.3 Å². The summed E-state index contributed by atoms with van der Waals surface area (Å²) in [6.07, 6.45) is 5.24. The van der Waals surface area contributed by atoms with Gasteiger partial charge in [0.1, 0.15) is 10.5 Å². The summed E-state index contributed by atoms with van der Waals surface area (Å²) in [7, 11) is 0. The number of rotatable bonds is 4. The van der Waals surface area contributed by atoms with Gasteiger partial charge in [0.25, 0.3) is 0 Å². The van der Waals surface area contributed by atoms with Crippen LogP contribution < -0.4 is 0 Å². The zero-order valence-corrected chi connectivity index (χ0v) is 13.6. The molecule has 0 radical (unpaired) electrons. The van der Waals surface area contributed by atoms with Gasteiger partial charge in [0, 0.05) is 17.7 Å². The summed E-state index contributed by atoms with van der Waals surface area (Å²) >= 11 is 1.51. The van der Waals surface area contributed by atoms with Crippen LogP contribution in [0.1, 0.15) is 21.9 Å². The minimum atomic E-state index is -1.00. The molecule has 0 aliphatic rings. The number of carboxylic acids is 1. The molecule has 6 nitrogen and oxygen atoms in total. The van der Waals surface area contributed by atoms with E-state index in [2.05, 4.69) is 15.0 Å². The summed E-state index contributed by atoms with van der Waals surface area (Å²) in [5.74, 6) is -0.607. The first-order valence-electron chi connectivity index (χ1n) is 7.38. The molecule has 0 fully saturated rings. The van der Waals surface area contributed by atoms with Gasteiger partial charge in [-0.05, 0) is 36.4 Å². The fourth-order valence-electron chi connectivity index (χ4n) is 2.27. The van der Waals surface area contributed by atoms with Crippen molar-refractivity contribution < 1.29 is 14.3 Å². The molecule has 0 aliphatic carbocycles. The Labute approximate surface area is 146 Å². The van der Waals surface area contributed by atoms with Gasteiger partial charge in [-0.1, -0.05) is 6.07 Å². The summed E-state index contributed by atoms with van der Waals surface area (Å²) in [4.78, 5) is 24.1. The number of fused-ring (bicyclic) bond motifs is 1. The predicted molar refractivity (Wildman–Crippen MR) is 95.2 cm³/mol. The maximum Gasteiger partial charge on any atom is 0.335 e. The number of nitrogens with zero attached hydrogens (tertiary/aromatic N) is 3. The molecule has 0 unspecified atom stereocenters. The Morgan fingerprint density at radius 3 is 2.88 bits per heavy atom. The summed E-state index contributed by atoms with van der Waals surface area (Å²) in [5.41, 5.74) is 2.82. The number of thiazole rings is 1. The molecule has 25 heavy (non-hydrogen) atoms. The van der Waals surface area contributed by atoms with Crippen molar-refractivity contribution in [3.8, 4) is 10.7 Å². The highest BCUT2D eigenvalue weighted by Crippen LogP contribution is 2.23. The number of pyridine rings is 1. The van der Waals surface area contributed by atoms with Gasteiger partial charge in [0.15, 0.2) is 5.58 Å². The fourth-order valence-corrected chi connectivity index (χ4v) is 3.04. The lowest BCUT2D eigenvalue weighted by Gasteiger charge is -1.91. The topological polar surface area (TPSA) is 89.1 Å². The fraction of sp³-hybridized carbons (Fsp3) is 0. The van der Waals surface area contributed by atoms with E-state index >= 15 is 0 Å². The summed E-state index contributed by atoms with van der Waals surface area (Å²) in [6, 6.07) is 10.3. The summed E-state index contributed by atoms with van der Waals surface area (Å²) < 4.78 is 5.57. The number of oxazole rings is 1. The molecule has 1 aromatic carbocycles. The van der Waals surface area contributed by atoms with Crippen molar-refractivity contribution in [1.82, 2.24) is 15.0 Å². The molecule has 0 aliphatic heterocycles. The Hall–Kier alpha value is -3.32. The molecule has 122 valence electrons. The lowest BCUT2D eigenvalue weighted by Crippen LogP contribution is -1.94. The average molecular weight is 349 g/mol. The molecule has 1 N–H and O–H groups in total. The molecule has 0 amide bonds. The van der Waals surface area contributed by atoms with Crippen molar-refractivity contribution in [2.45, 2.75) is 0 Å². The first-order valence-corrected chi connectivity index (χ1v) is 8.26. The maximum absolute atomic E-state index is 11.0. The number of carbonyl (C=O) groups is 1. The molecule has 4 aromatic rings. The molecule has 0 saturated heterocycles. The van der Waals surface area contributed by atoms with E-state index in [0.717, 1.165) is 16.4 Å². The molecular formula is C18H11N3O3S. The number of benzene rings is 1. The first kappa shape index (κ1) is 15.2. The van der Waals surface area contributed by atoms with Crippen molar-refractivity contribution in [1.29, 1.82) is 0 Å². The molecule has 3 aromatic heterocycles. The van der Waals surface area contributed by atoms with Gasteiger partial charge in [-0.25, -0.2) is 14.8 Å². The van der Waals surface area contributed by atoms with Gasteiger partial charge >= 0.3 is 5.97 Å². The maximum atomic E-state index is 11.0. The van der Waals surface area contributed by atoms with E-state index in [4.69, 9.17) is 9.52 Å². The molecule has 0 spiro atoms. The molecule has 0 saturated carbocycles. The van der Waals surface area contributed by atoms with Gasteiger partial charge in [-0.3, -0.25) is 4.98 Å². The Morgan fingerprint density at radius 1 is 1.16 bits per heavy atom. The normalized spacial score (nSPS) is 11.4. The SMILES string of the molecule is O=C(O)c1ccc2nc(/C=C/c3csc(-c4ccccn4)n3)oc2c1. The summed E-state index contributed by atoms with van der Waals surface area (Å²) in [5, 5.41) is 11.8. The van der Waals surface area contributed by atoms with Crippen LogP contribution in [0.4, 0.5) is 0 Å². The Kier molecular flexibility index (Phi) is 3.83. The second kappa shape index (κ2) is 6.29. The molecule has 3 heterocycles. The van der Waals surface area contributed by atoms with Gasteiger partial charge in [0.05, 0.1) is 17.0 Å². The second-order valence-corrected chi connectivity index (χ2v) is 6.02. The predicted octanol–water partition coefficient (Wildman–Crippen LogP) is 4.21. The number of hydrogen-bond acceptors (Lipinski definition) is 6. The molecule has 4 rings (SSSR count). The Bertz CT molecular complexity index is 1080. The third kappa shape index (κ3) is 3.17. The largest absolute Gasteiger partial charge is 0.478 e. The van der Waals surface area contributed by atoms with Gasteiger partial charge < -0.3 is 9.52 Å². The van der Waals surface area contributed by atoms with Crippen LogP contribution in [0.2, 0.25) is 0 Å². The van der Waals surface area contributed by atoms with E-state index in [1.54, 1.807) is 24.4 Å². The van der Waals surface area contributed by atoms with Crippen LogP contribution in [0, 0.1) is 0 Å². The van der Waals surface area contributed by atoms with Crippen LogP contribution >= 0.6 is 11.3 Å². The highest BCUT2D eigenvalue weighted by molar-refractivity contribution is 7.13. The monoisotopic (exact) mass is 349 g/mol. The van der Waals surface area contributed by atoms with Crippen molar-refractivity contribution >= 4 is 40.6 Å². The standard InChI is InChI=1S/C18H11N3O3S/c22-18(23)11-4-6-13-15(9-11)24-16(21-13)7-5-12-10-25-17(20-12)14-3-1-2-8-19-14/h1-10H,(H,22,23)/b7-5+. The molecule has 0 bridgehead atoms. The number of hydrogen-bond donors (Lipinski definition) is 1. The van der Waals surface area contributed by atoms with Crippen LogP contribution in [0.15, 0.2) is 52.4 Å². The second-order valence-electron chi connectivity index (χ2n) is 5.17. The highest BCUT2D eigenvalue weighted by atomic mass is 32.1. The Balaban J connectivity index is 1.58. The van der Waals surface area contributed by atoms with E-state index in [0.29, 0.717) is 17.0 Å². The third-order valence-corrected chi connectivity index (χ3v) is 4.34. The summed E-state index contributed by atoms with van der Waals surface area (Å²) in [6.45, 7) is 0.